The number of carboxylic acid groups (broad SMARTS) is 1. The Balaban J connectivity index is 2.02. The number of hydrogen-bond donors (Lipinski definition) is 2. The molecule has 0 heterocycles. The lowest BCUT2D eigenvalue weighted by Gasteiger charge is -2.18. The standard InChI is InChI=1S/C17H18BrNO2/c1-12(13-7-9-15(18)10-8-13)19-11-16(17(20)21)14-5-3-2-4-6-14/h2-10,12,16,19H,11H2,1H3,(H,20,21)/t12-,16?/m0/s1. The van der Waals surface area contributed by atoms with E-state index in [1.165, 1.54) is 0 Å². The normalized spacial score (nSPS) is 13.6. The highest BCUT2D eigenvalue weighted by molar-refractivity contribution is 9.10. The van der Waals surface area contributed by atoms with Gasteiger partial charge in [0.1, 0.15) is 0 Å². The van der Waals surface area contributed by atoms with Crippen molar-refractivity contribution in [3.63, 3.8) is 0 Å². The van der Waals surface area contributed by atoms with Crippen molar-refractivity contribution < 1.29 is 9.90 Å². The molecule has 0 aromatic heterocycles. The summed E-state index contributed by atoms with van der Waals surface area (Å²) in [5.74, 6) is -1.35. The van der Waals surface area contributed by atoms with Gasteiger partial charge in [-0.3, -0.25) is 4.79 Å². The Morgan fingerprint density at radius 3 is 2.29 bits per heavy atom. The molecule has 0 amide bonds. The molecule has 0 fully saturated rings. The van der Waals surface area contributed by atoms with Crippen LogP contribution < -0.4 is 5.32 Å². The molecule has 0 aliphatic rings. The van der Waals surface area contributed by atoms with E-state index in [1.54, 1.807) is 0 Å². The Labute approximate surface area is 133 Å². The molecular formula is C17H18BrNO2. The van der Waals surface area contributed by atoms with Crippen LogP contribution in [-0.4, -0.2) is 17.6 Å². The third kappa shape index (κ3) is 4.41. The molecule has 3 nitrogen and oxygen atoms in total. The zero-order valence-electron chi connectivity index (χ0n) is 11.8. The largest absolute Gasteiger partial charge is 0.481 e. The molecule has 2 aromatic carbocycles. The fourth-order valence-corrected chi connectivity index (χ4v) is 2.46. The second-order valence-electron chi connectivity index (χ2n) is 4.98. The molecule has 0 spiro atoms. The van der Waals surface area contributed by atoms with Gasteiger partial charge in [-0.05, 0) is 30.2 Å². The van der Waals surface area contributed by atoms with Gasteiger partial charge in [0.05, 0.1) is 5.92 Å². The minimum Gasteiger partial charge on any atom is -0.481 e. The molecule has 4 heteroatoms. The minimum absolute atomic E-state index is 0.101. The predicted molar refractivity (Wildman–Crippen MR) is 87.4 cm³/mol. The summed E-state index contributed by atoms with van der Waals surface area (Å²) in [6.07, 6.45) is 0. The van der Waals surface area contributed by atoms with E-state index in [0.29, 0.717) is 6.54 Å². The number of carboxylic acids is 1. The third-order valence-corrected chi connectivity index (χ3v) is 4.03. The van der Waals surface area contributed by atoms with E-state index in [1.807, 2.05) is 61.5 Å². The maximum Gasteiger partial charge on any atom is 0.312 e. The van der Waals surface area contributed by atoms with Gasteiger partial charge >= 0.3 is 5.97 Å². The maximum atomic E-state index is 11.4. The summed E-state index contributed by atoms with van der Waals surface area (Å²) in [6, 6.07) is 17.4. The van der Waals surface area contributed by atoms with Crippen molar-refractivity contribution in [2.75, 3.05) is 6.54 Å². The summed E-state index contributed by atoms with van der Waals surface area (Å²) in [5, 5.41) is 12.7. The van der Waals surface area contributed by atoms with Crippen molar-refractivity contribution in [2.45, 2.75) is 18.9 Å². The number of aliphatic carboxylic acids is 1. The number of halogens is 1. The Morgan fingerprint density at radius 2 is 1.71 bits per heavy atom. The second kappa shape index (κ2) is 7.38. The molecule has 2 rings (SSSR count). The second-order valence-corrected chi connectivity index (χ2v) is 5.90. The molecule has 0 bridgehead atoms. The number of hydrogen-bond acceptors (Lipinski definition) is 2. The van der Waals surface area contributed by atoms with Crippen LogP contribution in [0.3, 0.4) is 0 Å². The molecule has 0 aliphatic heterocycles. The van der Waals surface area contributed by atoms with Crippen LogP contribution in [0.1, 0.15) is 30.0 Å². The fraction of sp³-hybridized carbons (Fsp3) is 0.235. The highest BCUT2D eigenvalue weighted by Gasteiger charge is 2.20. The lowest BCUT2D eigenvalue weighted by molar-refractivity contribution is -0.138. The fourth-order valence-electron chi connectivity index (χ4n) is 2.20. The van der Waals surface area contributed by atoms with Gasteiger partial charge in [-0.25, -0.2) is 0 Å². The van der Waals surface area contributed by atoms with Crippen LogP contribution >= 0.6 is 15.9 Å². The van der Waals surface area contributed by atoms with Crippen LogP contribution in [0.25, 0.3) is 0 Å². The molecule has 0 aliphatic carbocycles. The van der Waals surface area contributed by atoms with Crippen molar-refractivity contribution >= 4 is 21.9 Å². The molecule has 1 unspecified atom stereocenters. The van der Waals surface area contributed by atoms with Gasteiger partial charge in [-0.15, -0.1) is 0 Å². The topological polar surface area (TPSA) is 49.3 Å². The molecule has 0 saturated heterocycles. The molecule has 2 aromatic rings. The first-order chi connectivity index (χ1) is 10.1. The highest BCUT2D eigenvalue weighted by atomic mass is 79.9. The van der Waals surface area contributed by atoms with Gasteiger partial charge in [0.15, 0.2) is 0 Å². The lowest BCUT2D eigenvalue weighted by Crippen LogP contribution is -2.28. The van der Waals surface area contributed by atoms with E-state index in [-0.39, 0.29) is 6.04 Å². The molecule has 2 atom stereocenters. The van der Waals surface area contributed by atoms with Crippen molar-refractivity contribution in [3.8, 4) is 0 Å². The first-order valence-electron chi connectivity index (χ1n) is 6.84. The smallest absolute Gasteiger partial charge is 0.312 e. The van der Waals surface area contributed by atoms with E-state index in [2.05, 4.69) is 21.2 Å². The zero-order valence-corrected chi connectivity index (χ0v) is 13.4. The van der Waals surface area contributed by atoms with Crippen LogP contribution in [0.5, 0.6) is 0 Å². The first-order valence-corrected chi connectivity index (χ1v) is 7.64. The summed E-state index contributed by atoms with van der Waals surface area (Å²) in [5.41, 5.74) is 1.95. The average Bonchev–Trinajstić information content (AvgIpc) is 2.48. The molecule has 110 valence electrons. The quantitative estimate of drug-likeness (QED) is 0.831. The number of rotatable bonds is 6. The Morgan fingerprint density at radius 1 is 1.10 bits per heavy atom. The van der Waals surface area contributed by atoms with E-state index < -0.39 is 11.9 Å². The number of benzene rings is 2. The van der Waals surface area contributed by atoms with Crippen LogP contribution in [-0.2, 0) is 4.79 Å². The number of nitrogens with one attached hydrogen (secondary N) is 1. The predicted octanol–water partition coefficient (Wildman–Crippen LogP) is 3.97. The van der Waals surface area contributed by atoms with Gasteiger partial charge < -0.3 is 10.4 Å². The summed E-state index contributed by atoms with van der Waals surface area (Å²) < 4.78 is 1.03. The van der Waals surface area contributed by atoms with Crippen molar-refractivity contribution in [2.24, 2.45) is 0 Å². The molecule has 0 saturated carbocycles. The van der Waals surface area contributed by atoms with Gasteiger partial charge in [-0.1, -0.05) is 58.4 Å². The molecular weight excluding hydrogens is 330 g/mol. The van der Waals surface area contributed by atoms with Gasteiger partial charge in [0.2, 0.25) is 0 Å². The van der Waals surface area contributed by atoms with Gasteiger partial charge in [0, 0.05) is 17.1 Å². The van der Waals surface area contributed by atoms with Crippen LogP contribution in [0, 0.1) is 0 Å². The van der Waals surface area contributed by atoms with E-state index in [9.17, 15) is 9.90 Å². The van der Waals surface area contributed by atoms with E-state index in [0.717, 1.165) is 15.6 Å². The van der Waals surface area contributed by atoms with Gasteiger partial charge in [-0.2, -0.15) is 0 Å². The van der Waals surface area contributed by atoms with E-state index in [4.69, 9.17) is 0 Å². The first kappa shape index (κ1) is 15.7. The molecule has 21 heavy (non-hydrogen) atoms. The Hall–Kier alpha value is -1.65. The Kier molecular flexibility index (Phi) is 5.53. The SMILES string of the molecule is C[C@H](NCC(C(=O)O)c1ccccc1)c1ccc(Br)cc1. The summed E-state index contributed by atoms with van der Waals surface area (Å²) in [4.78, 5) is 11.4. The van der Waals surface area contributed by atoms with Gasteiger partial charge in [0.25, 0.3) is 0 Å². The lowest BCUT2D eigenvalue weighted by atomic mass is 9.98. The maximum absolute atomic E-state index is 11.4. The van der Waals surface area contributed by atoms with Crippen molar-refractivity contribution in [1.29, 1.82) is 0 Å². The van der Waals surface area contributed by atoms with Crippen LogP contribution in [0.4, 0.5) is 0 Å². The minimum atomic E-state index is -0.809. The third-order valence-electron chi connectivity index (χ3n) is 3.50. The summed E-state index contributed by atoms with van der Waals surface area (Å²) in [6.45, 7) is 2.43. The summed E-state index contributed by atoms with van der Waals surface area (Å²) >= 11 is 3.41. The number of carbonyl (C=O) groups is 1. The van der Waals surface area contributed by atoms with Crippen molar-refractivity contribution in [1.82, 2.24) is 5.32 Å². The zero-order chi connectivity index (χ0) is 15.2. The van der Waals surface area contributed by atoms with Crippen LogP contribution in [0.2, 0.25) is 0 Å². The average molecular weight is 348 g/mol. The highest BCUT2D eigenvalue weighted by Crippen LogP contribution is 2.19. The Bertz CT molecular complexity index is 583. The summed E-state index contributed by atoms with van der Waals surface area (Å²) in [7, 11) is 0. The monoisotopic (exact) mass is 347 g/mol. The molecule has 2 N–H and O–H groups in total. The van der Waals surface area contributed by atoms with E-state index >= 15 is 0 Å². The molecule has 0 radical (unpaired) electrons. The van der Waals surface area contributed by atoms with Crippen molar-refractivity contribution in [3.05, 3.63) is 70.2 Å². The van der Waals surface area contributed by atoms with Crippen LogP contribution in [0.15, 0.2) is 59.1 Å².